The Morgan fingerprint density at radius 3 is 2.71 bits per heavy atom. The number of benzene rings is 1. The summed E-state index contributed by atoms with van der Waals surface area (Å²) in [6.07, 6.45) is 2.36. The van der Waals surface area contributed by atoms with Crippen molar-refractivity contribution >= 4 is 21.8 Å². The molecule has 0 radical (unpaired) electrons. The van der Waals surface area contributed by atoms with E-state index in [9.17, 15) is 13.2 Å². The third-order valence-corrected chi connectivity index (χ3v) is 6.91. The minimum atomic E-state index is -3.71. The molecule has 3 heterocycles. The SMILES string of the molecule is CC(=O)c1cccc(S(=O)(=O)N2CCc3cnc(N4CCOCC4)nc3C2)c1. The van der Waals surface area contributed by atoms with Gasteiger partial charge < -0.3 is 9.64 Å². The molecule has 0 spiro atoms. The lowest BCUT2D eigenvalue weighted by molar-refractivity contribution is 0.101. The number of aromatic nitrogens is 2. The Bertz CT molecular complexity index is 1000. The minimum Gasteiger partial charge on any atom is -0.378 e. The number of carbonyl (C=O) groups excluding carboxylic acids is 1. The lowest BCUT2D eigenvalue weighted by atomic mass is 10.1. The Morgan fingerprint density at radius 2 is 1.96 bits per heavy atom. The van der Waals surface area contributed by atoms with E-state index in [-0.39, 0.29) is 17.2 Å². The second-order valence-corrected chi connectivity index (χ2v) is 8.85. The van der Waals surface area contributed by atoms with Gasteiger partial charge in [0, 0.05) is 31.4 Å². The van der Waals surface area contributed by atoms with Crippen LogP contribution in [0, 0.1) is 0 Å². The highest BCUT2D eigenvalue weighted by Gasteiger charge is 2.30. The van der Waals surface area contributed by atoms with E-state index in [0.717, 1.165) is 24.3 Å². The first-order valence-electron chi connectivity index (χ1n) is 9.24. The number of rotatable bonds is 4. The maximum atomic E-state index is 13.1. The van der Waals surface area contributed by atoms with Crippen LogP contribution in [0.4, 0.5) is 5.95 Å². The summed E-state index contributed by atoms with van der Waals surface area (Å²) in [6.45, 7) is 4.69. The normalized spacial score (nSPS) is 18.0. The van der Waals surface area contributed by atoms with Crippen LogP contribution in [0.2, 0.25) is 0 Å². The van der Waals surface area contributed by atoms with Crippen LogP contribution in [0.15, 0.2) is 35.4 Å². The Kier molecular flexibility index (Phi) is 5.13. The molecule has 4 rings (SSSR count). The second kappa shape index (κ2) is 7.57. The number of hydrogen-bond acceptors (Lipinski definition) is 7. The van der Waals surface area contributed by atoms with Crippen LogP contribution >= 0.6 is 0 Å². The predicted molar refractivity (Wildman–Crippen MR) is 103 cm³/mol. The molecule has 2 aromatic rings. The van der Waals surface area contributed by atoms with Crippen LogP contribution in [0.25, 0.3) is 0 Å². The molecule has 1 saturated heterocycles. The largest absolute Gasteiger partial charge is 0.378 e. The highest BCUT2D eigenvalue weighted by Crippen LogP contribution is 2.25. The van der Waals surface area contributed by atoms with Crippen LogP contribution in [0.5, 0.6) is 0 Å². The number of Topliss-reactive ketones (excluding diaryl/α,β-unsaturated/α-hetero) is 1. The van der Waals surface area contributed by atoms with Crippen LogP contribution in [-0.4, -0.2) is 61.3 Å². The molecule has 8 nitrogen and oxygen atoms in total. The van der Waals surface area contributed by atoms with E-state index in [1.54, 1.807) is 18.3 Å². The summed E-state index contributed by atoms with van der Waals surface area (Å²) in [6, 6.07) is 6.18. The predicted octanol–water partition coefficient (Wildman–Crippen LogP) is 1.26. The van der Waals surface area contributed by atoms with E-state index in [4.69, 9.17) is 4.74 Å². The molecule has 1 aromatic carbocycles. The molecule has 0 unspecified atom stereocenters. The zero-order valence-electron chi connectivity index (χ0n) is 15.7. The van der Waals surface area contributed by atoms with Crippen molar-refractivity contribution in [2.45, 2.75) is 24.8 Å². The number of ether oxygens (including phenoxy) is 1. The van der Waals surface area contributed by atoms with E-state index < -0.39 is 10.0 Å². The minimum absolute atomic E-state index is 0.131. The van der Waals surface area contributed by atoms with Crippen molar-refractivity contribution < 1.29 is 17.9 Å². The van der Waals surface area contributed by atoms with Gasteiger partial charge in [0.15, 0.2) is 5.78 Å². The Hall–Kier alpha value is -2.36. The van der Waals surface area contributed by atoms with Gasteiger partial charge in [0.1, 0.15) is 0 Å². The molecule has 2 aliphatic heterocycles. The lowest BCUT2D eigenvalue weighted by Crippen LogP contribution is -2.39. The summed E-state index contributed by atoms with van der Waals surface area (Å²) in [5.41, 5.74) is 2.09. The number of anilines is 1. The van der Waals surface area contributed by atoms with Gasteiger partial charge in [0.05, 0.1) is 30.3 Å². The van der Waals surface area contributed by atoms with Crippen molar-refractivity contribution in [3.05, 3.63) is 47.3 Å². The van der Waals surface area contributed by atoms with Gasteiger partial charge in [-0.3, -0.25) is 4.79 Å². The summed E-state index contributed by atoms with van der Waals surface area (Å²) in [7, 11) is -3.71. The molecule has 1 fully saturated rings. The molecule has 0 N–H and O–H groups in total. The molecule has 0 amide bonds. The summed E-state index contributed by atoms with van der Waals surface area (Å²) >= 11 is 0. The second-order valence-electron chi connectivity index (χ2n) is 6.91. The van der Waals surface area contributed by atoms with Crippen molar-refractivity contribution in [1.82, 2.24) is 14.3 Å². The number of ketones is 1. The Morgan fingerprint density at radius 1 is 1.18 bits per heavy atom. The number of fused-ring (bicyclic) bond motifs is 1. The molecule has 0 saturated carbocycles. The maximum absolute atomic E-state index is 13.1. The third-order valence-electron chi connectivity index (χ3n) is 5.07. The van der Waals surface area contributed by atoms with Gasteiger partial charge in [-0.15, -0.1) is 0 Å². The van der Waals surface area contributed by atoms with Crippen LogP contribution in [-0.2, 0) is 27.7 Å². The standard InChI is InChI=1S/C19H22N4O4S/c1-14(24)15-3-2-4-17(11-15)28(25,26)23-6-5-16-12-20-19(21-18(16)13-23)22-7-9-27-10-8-22/h2-4,11-12H,5-10,13H2,1H3. The van der Waals surface area contributed by atoms with E-state index in [1.165, 1.54) is 23.4 Å². The Labute approximate surface area is 164 Å². The molecule has 0 atom stereocenters. The van der Waals surface area contributed by atoms with Gasteiger partial charge in [-0.2, -0.15) is 4.31 Å². The fourth-order valence-electron chi connectivity index (χ4n) is 3.41. The smallest absolute Gasteiger partial charge is 0.243 e. The summed E-state index contributed by atoms with van der Waals surface area (Å²) < 4.78 is 33.0. The van der Waals surface area contributed by atoms with Crippen molar-refractivity contribution in [2.24, 2.45) is 0 Å². The molecule has 0 aliphatic carbocycles. The zero-order chi connectivity index (χ0) is 19.7. The van der Waals surface area contributed by atoms with Crippen LogP contribution < -0.4 is 4.90 Å². The Balaban J connectivity index is 1.60. The molecule has 1 aromatic heterocycles. The van der Waals surface area contributed by atoms with Crippen molar-refractivity contribution in [3.8, 4) is 0 Å². The van der Waals surface area contributed by atoms with E-state index >= 15 is 0 Å². The summed E-state index contributed by atoms with van der Waals surface area (Å²) in [4.78, 5) is 22.9. The first kappa shape index (κ1) is 19.0. The van der Waals surface area contributed by atoms with Crippen LogP contribution in [0.3, 0.4) is 0 Å². The fourth-order valence-corrected chi connectivity index (χ4v) is 4.86. The highest BCUT2D eigenvalue weighted by atomic mass is 32.2. The van der Waals surface area contributed by atoms with Crippen molar-refractivity contribution in [2.75, 3.05) is 37.7 Å². The maximum Gasteiger partial charge on any atom is 0.243 e. The lowest BCUT2D eigenvalue weighted by Gasteiger charge is -2.30. The van der Waals surface area contributed by atoms with Gasteiger partial charge in [0.25, 0.3) is 0 Å². The molecular weight excluding hydrogens is 380 g/mol. The van der Waals surface area contributed by atoms with Gasteiger partial charge in [0.2, 0.25) is 16.0 Å². The molecule has 0 bridgehead atoms. The first-order valence-corrected chi connectivity index (χ1v) is 10.7. The van der Waals surface area contributed by atoms with Crippen molar-refractivity contribution in [3.63, 3.8) is 0 Å². The molecular formula is C19H22N4O4S. The molecule has 148 valence electrons. The van der Waals surface area contributed by atoms with Crippen LogP contribution in [0.1, 0.15) is 28.5 Å². The monoisotopic (exact) mass is 402 g/mol. The van der Waals surface area contributed by atoms with Gasteiger partial charge in [-0.1, -0.05) is 12.1 Å². The molecule has 28 heavy (non-hydrogen) atoms. The molecule has 2 aliphatic rings. The van der Waals surface area contributed by atoms with Gasteiger partial charge in [-0.25, -0.2) is 18.4 Å². The number of sulfonamides is 1. The summed E-state index contributed by atoms with van der Waals surface area (Å²) in [5.74, 6) is 0.448. The zero-order valence-corrected chi connectivity index (χ0v) is 16.5. The average molecular weight is 402 g/mol. The van der Waals surface area contributed by atoms with Gasteiger partial charge >= 0.3 is 0 Å². The number of hydrogen-bond donors (Lipinski definition) is 0. The third kappa shape index (κ3) is 3.65. The van der Waals surface area contributed by atoms with E-state index in [1.807, 2.05) is 4.90 Å². The van der Waals surface area contributed by atoms with Gasteiger partial charge in [-0.05, 0) is 31.0 Å². The van der Waals surface area contributed by atoms with E-state index in [0.29, 0.717) is 37.7 Å². The topological polar surface area (TPSA) is 92.7 Å². The number of carbonyl (C=O) groups is 1. The van der Waals surface area contributed by atoms with Crippen molar-refractivity contribution in [1.29, 1.82) is 0 Å². The summed E-state index contributed by atoms with van der Waals surface area (Å²) in [5, 5.41) is 0. The molecule has 9 heteroatoms. The number of morpholine rings is 1. The number of nitrogens with zero attached hydrogens (tertiary/aromatic N) is 4. The van der Waals surface area contributed by atoms with E-state index in [2.05, 4.69) is 9.97 Å². The average Bonchev–Trinajstić information content (AvgIpc) is 2.73. The first-order chi connectivity index (χ1) is 13.4. The highest BCUT2D eigenvalue weighted by molar-refractivity contribution is 7.89. The quantitative estimate of drug-likeness (QED) is 0.711. The fraction of sp³-hybridized carbons (Fsp3) is 0.421.